The third-order valence-corrected chi connectivity index (χ3v) is 2.81. The molecule has 20 heavy (non-hydrogen) atoms. The van der Waals surface area contributed by atoms with E-state index in [0.29, 0.717) is 17.0 Å². The molecule has 0 aromatic heterocycles. The number of benzene rings is 2. The van der Waals surface area contributed by atoms with Gasteiger partial charge in [-0.25, -0.2) is 4.98 Å². The maximum Gasteiger partial charge on any atom is 0.221 e. The smallest absolute Gasteiger partial charge is 0.221 e. The van der Waals surface area contributed by atoms with Crippen LogP contribution >= 0.6 is 0 Å². The Labute approximate surface area is 113 Å². The lowest BCUT2D eigenvalue weighted by Crippen LogP contribution is -2.06. The fourth-order valence-electron chi connectivity index (χ4n) is 1.95. The van der Waals surface area contributed by atoms with Gasteiger partial charge < -0.3 is 14.8 Å². The summed E-state index contributed by atoms with van der Waals surface area (Å²) in [5.74, 6) is -0.125. The number of phenols is 1. The lowest BCUT2D eigenvalue weighted by molar-refractivity contribution is -0.114. The van der Waals surface area contributed by atoms with Gasteiger partial charge in [0.1, 0.15) is 5.69 Å². The predicted molar refractivity (Wildman–Crippen MR) is 72.9 cm³/mol. The maximum absolute atomic E-state index is 11.3. The number of nitrogens with zero attached hydrogens (tertiary/aromatic N) is 1. The molecule has 1 heterocycles. The van der Waals surface area contributed by atoms with Gasteiger partial charge in [-0.1, -0.05) is 0 Å². The quantitative estimate of drug-likeness (QED) is 0.521. The molecule has 0 unspecified atom stereocenters. The van der Waals surface area contributed by atoms with Crippen LogP contribution in [0, 0.1) is 0 Å². The van der Waals surface area contributed by atoms with Crippen LogP contribution < -0.4 is 10.7 Å². The highest BCUT2D eigenvalue weighted by Crippen LogP contribution is 2.34. The highest BCUT2D eigenvalue weighted by Gasteiger charge is 2.14. The summed E-state index contributed by atoms with van der Waals surface area (Å²) >= 11 is 0. The summed E-state index contributed by atoms with van der Waals surface area (Å²) in [7, 11) is 0. The number of carbonyl (C=O) groups excluding carboxylic acids is 1. The largest absolute Gasteiger partial charge is 0.504 e. The summed E-state index contributed by atoms with van der Waals surface area (Å²) < 4.78 is 5.53. The molecule has 100 valence electrons. The Morgan fingerprint density at radius 2 is 2.10 bits per heavy atom. The van der Waals surface area contributed by atoms with Crippen molar-refractivity contribution in [1.29, 1.82) is 0 Å². The van der Waals surface area contributed by atoms with Crippen LogP contribution in [0.5, 0.6) is 5.75 Å². The van der Waals surface area contributed by atoms with E-state index in [2.05, 4.69) is 10.3 Å². The van der Waals surface area contributed by atoms with Gasteiger partial charge >= 0.3 is 0 Å². The topological polar surface area (TPSA) is 92.4 Å². The number of carbonyl (C=O) groups is 1. The van der Waals surface area contributed by atoms with Crippen molar-refractivity contribution in [2.24, 2.45) is 0 Å². The Bertz CT molecular complexity index is 854. The summed E-state index contributed by atoms with van der Waals surface area (Å²) in [6.45, 7) is 1.34. The number of nitrogens with one attached hydrogen (secondary N) is 1. The molecule has 0 saturated heterocycles. The van der Waals surface area contributed by atoms with Gasteiger partial charge in [0.2, 0.25) is 5.91 Å². The second-order valence-corrected chi connectivity index (χ2v) is 4.33. The van der Waals surface area contributed by atoms with Crippen molar-refractivity contribution in [3.8, 4) is 17.2 Å². The van der Waals surface area contributed by atoms with Crippen molar-refractivity contribution in [3.05, 3.63) is 40.6 Å². The highest BCUT2D eigenvalue weighted by molar-refractivity contribution is 5.96. The normalized spacial score (nSPS) is 10.8. The molecule has 1 amide bonds. The molecule has 0 bridgehead atoms. The summed E-state index contributed by atoms with van der Waals surface area (Å²) in [6.07, 6.45) is 0. The Morgan fingerprint density at radius 3 is 2.85 bits per heavy atom. The van der Waals surface area contributed by atoms with Crippen LogP contribution in [0.15, 0.2) is 39.5 Å². The SMILES string of the molecule is CC(=O)Nc1ccc2oc3cc(=O)ccc-3nc2c1O. The minimum absolute atomic E-state index is 0.172. The molecule has 0 saturated carbocycles. The van der Waals surface area contributed by atoms with Crippen LogP contribution in [-0.4, -0.2) is 16.0 Å². The second-order valence-electron chi connectivity index (χ2n) is 4.33. The number of anilines is 1. The Kier molecular flexibility index (Phi) is 2.64. The number of amides is 1. The molecule has 0 atom stereocenters. The van der Waals surface area contributed by atoms with Crippen molar-refractivity contribution < 1.29 is 14.3 Å². The Hall–Kier alpha value is -2.89. The van der Waals surface area contributed by atoms with Crippen LogP contribution in [0.25, 0.3) is 22.6 Å². The van der Waals surface area contributed by atoms with Crippen LogP contribution in [0.1, 0.15) is 6.92 Å². The van der Waals surface area contributed by atoms with Gasteiger partial charge in [0.25, 0.3) is 0 Å². The number of aromatic nitrogens is 1. The van der Waals surface area contributed by atoms with Gasteiger partial charge in [0.15, 0.2) is 28.0 Å². The van der Waals surface area contributed by atoms with Crippen molar-refractivity contribution in [2.75, 3.05) is 5.32 Å². The van der Waals surface area contributed by atoms with E-state index in [-0.39, 0.29) is 28.3 Å². The molecule has 1 aromatic carbocycles. The lowest BCUT2D eigenvalue weighted by Gasteiger charge is -2.10. The average Bonchev–Trinajstić information content (AvgIpc) is 2.40. The van der Waals surface area contributed by atoms with Gasteiger partial charge in [0.05, 0.1) is 5.69 Å². The van der Waals surface area contributed by atoms with Gasteiger partial charge in [-0.15, -0.1) is 0 Å². The highest BCUT2D eigenvalue weighted by atomic mass is 16.3. The molecule has 6 nitrogen and oxygen atoms in total. The van der Waals surface area contributed by atoms with Crippen molar-refractivity contribution in [1.82, 2.24) is 4.98 Å². The summed E-state index contributed by atoms with van der Waals surface area (Å²) in [6, 6.07) is 7.30. The zero-order valence-electron chi connectivity index (χ0n) is 10.5. The van der Waals surface area contributed by atoms with Crippen LogP contribution in [0.3, 0.4) is 0 Å². The molecule has 1 aliphatic heterocycles. The fraction of sp³-hybridized carbons (Fsp3) is 0.0714. The first-order valence-electron chi connectivity index (χ1n) is 5.89. The number of fused-ring (bicyclic) bond motifs is 2. The van der Waals surface area contributed by atoms with E-state index in [9.17, 15) is 14.7 Å². The van der Waals surface area contributed by atoms with E-state index in [0.717, 1.165) is 0 Å². The summed E-state index contributed by atoms with van der Waals surface area (Å²) in [4.78, 5) is 26.6. The second kappa shape index (κ2) is 4.34. The van der Waals surface area contributed by atoms with Crippen LogP contribution in [0.2, 0.25) is 0 Å². The first-order chi connectivity index (χ1) is 9.54. The van der Waals surface area contributed by atoms with E-state index in [1.807, 2.05) is 0 Å². The first kappa shape index (κ1) is 12.2. The molecule has 6 heteroatoms. The zero-order chi connectivity index (χ0) is 14.3. The van der Waals surface area contributed by atoms with E-state index >= 15 is 0 Å². The van der Waals surface area contributed by atoms with Gasteiger partial charge in [-0.2, -0.15) is 0 Å². The van der Waals surface area contributed by atoms with Crippen LogP contribution in [-0.2, 0) is 4.79 Å². The lowest BCUT2D eigenvalue weighted by atomic mass is 10.2. The van der Waals surface area contributed by atoms with Gasteiger partial charge in [-0.3, -0.25) is 9.59 Å². The van der Waals surface area contributed by atoms with Crippen molar-refractivity contribution in [2.45, 2.75) is 6.92 Å². The summed E-state index contributed by atoms with van der Waals surface area (Å²) in [5.41, 5.74) is 1.08. The maximum atomic E-state index is 11.3. The Morgan fingerprint density at radius 1 is 1.30 bits per heavy atom. The fourth-order valence-corrected chi connectivity index (χ4v) is 1.95. The van der Waals surface area contributed by atoms with Gasteiger partial charge in [0, 0.05) is 13.0 Å². The monoisotopic (exact) mass is 270 g/mol. The molecular weight excluding hydrogens is 260 g/mol. The molecule has 0 fully saturated rings. The Balaban J connectivity index is 2.30. The van der Waals surface area contributed by atoms with Crippen molar-refractivity contribution >= 4 is 22.7 Å². The number of rotatable bonds is 1. The molecule has 2 aliphatic rings. The predicted octanol–water partition coefficient (Wildman–Crippen LogP) is 1.96. The molecular formula is C14H10N2O4. The number of phenolic OH excluding ortho intramolecular Hbond substituents is 1. The van der Waals surface area contributed by atoms with E-state index in [4.69, 9.17) is 4.42 Å². The van der Waals surface area contributed by atoms with Gasteiger partial charge in [-0.05, 0) is 24.3 Å². The number of hydrogen-bond donors (Lipinski definition) is 2. The van der Waals surface area contributed by atoms with E-state index in [1.165, 1.54) is 31.2 Å². The average molecular weight is 270 g/mol. The zero-order valence-corrected chi connectivity index (χ0v) is 10.5. The van der Waals surface area contributed by atoms with E-state index < -0.39 is 0 Å². The number of aromatic hydroxyl groups is 1. The molecule has 3 rings (SSSR count). The minimum Gasteiger partial charge on any atom is -0.504 e. The molecule has 1 aliphatic carbocycles. The molecule has 1 aromatic rings. The molecule has 0 radical (unpaired) electrons. The third-order valence-electron chi connectivity index (χ3n) is 2.81. The molecule has 0 spiro atoms. The first-order valence-corrected chi connectivity index (χ1v) is 5.89. The third kappa shape index (κ3) is 1.97. The van der Waals surface area contributed by atoms with Crippen LogP contribution in [0.4, 0.5) is 5.69 Å². The summed E-state index contributed by atoms with van der Waals surface area (Å²) in [5, 5.41) is 12.6. The molecule has 2 N–H and O–H groups in total. The number of hydrogen-bond acceptors (Lipinski definition) is 5. The minimum atomic E-state index is -0.298. The van der Waals surface area contributed by atoms with E-state index in [1.54, 1.807) is 6.07 Å². The standard InChI is InChI=1S/C14H10N2O4/c1-7(17)15-10-4-5-11-13(14(10)19)16-9-3-2-8(18)6-12(9)20-11/h2-6,19H,1H3,(H,15,17). The van der Waals surface area contributed by atoms with Crippen molar-refractivity contribution in [3.63, 3.8) is 0 Å².